The highest BCUT2D eigenvalue weighted by molar-refractivity contribution is 7.99. The first-order chi connectivity index (χ1) is 19.6. The van der Waals surface area contributed by atoms with Crippen LogP contribution in [0, 0.1) is 28.6 Å². The van der Waals surface area contributed by atoms with Gasteiger partial charge in [0.25, 0.3) is 0 Å². The second-order valence-electron chi connectivity index (χ2n) is 13.3. The van der Waals surface area contributed by atoms with Crippen molar-refractivity contribution in [3.63, 3.8) is 0 Å². The van der Waals surface area contributed by atoms with E-state index < -0.39 is 23.4 Å². The van der Waals surface area contributed by atoms with Gasteiger partial charge in [-0.2, -0.15) is 0 Å². The lowest BCUT2D eigenvalue weighted by molar-refractivity contribution is -0.197. The van der Waals surface area contributed by atoms with Crippen molar-refractivity contribution < 1.29 is 24.2 Å². The van der Waals surface area contributed by atoms with Gasteiger partial charge in [0.1, 0.15) is 0 Å². The van der Waals surface area contributed by atoms with E-state index in [0.29, 0.717) is 6.42 Å². The zero-order valence-corrected chi connectivity index (χ0v) is 25.2. The zero-order valence-electron chi connectivity index (χ0n) is 24.3. The molecule has 4 fully saturated rings. The fraction of sp³-hybridized carbons (Fsp3) is 0.606. The van der Waals surface area contributed by atoms with Gasteiger partial charge in [0.2, 0.25) is 0 Å². The molecule has 9 atom stereocenters. The first kappa shape index (κ1) is 27.6. The van der Waals surface area contributed by atoms with E-state index in [0.717, 1.165) is 53.9 Å². The largest absolute Gasteiger partial charge is 0.393 e. The van der Waals surface area contributed by atoms with E-state index >= 15 is 0 Å². The number of hydrogen-bond donors (Lipinski definition) is 1. The minimum Gasteiger partial charge on any atom is -0.393 e. The minimum absolute atomic E-state index is 0.00304. The molecule has 8 heteroatoms. The highest BCUT2D eigenvalue weighted by Crippen LogP contribution is 2.69. The number of carbonyl (C=O) groups is 2. The highest BCUT2D eigenvalue weighted by Gasteiger charge is 2.75. The fourth-order valence-corrected chi connectivity index (χ4v) is 10.4. The molecule has 1 aliphatic heterocycles. The molecular weight excluding hydrogens is 536 g/mol. The standard InChI is InChI=1S/C33H40N2O5S/c1-5-8-28-39-27-16-22-21-12-11-19-15-20(36)13-14-31(19,2)29(21)25(37)17-32(22,3)33(27,40-28)26(38)18-41-30-34-23-9-6-7-10-24(23)35(30)4/h6-7,9-10,13-15,21-22,25,27-29,37H,5,8,11-12,16-18H2,1-4H3/t21?,22?,25-,27+,28-,29?,31?,32?,33+/m0/s1. The number of imidazole rings is 1. The summed E-state index contributed by atoms with van der Waals surface area (Å²) in [6.45, 7) is 6.46. The van der Waals surface area contributed by atoms with Crippen LogP contribution in [0.25, 0.3) is 11.0 Å². The molecule has 5 aliphatic rings. The second-order valence-corrected chi connectivity index (χ2v) is 14.2. The lowest BCUT2D eigenvalue weighted by atomic mass is 9.46. The molecule has 1 saturated heterocycles. The van der Waals surface area contributed by atoms with Crippen molar-refractivity contribution in [3.05, 3.63) is 48.1 Å². The number of fused-ring (bicyclic) bond motifs is 8. The van der Waals surface area contributed by atoms with Gasteiger partial charge in [0.15, 0.2) is 28.6 Å². The van der Waals surface area contributed by atoms with Crippen LogP contribution < -0.4 is 0 Å². The SMILES string of the molecule is CCC[C@H]1O[C@@H]2CC3C4CCC5=CC(=O)C=CC5(C)C4[C@@H](O)CC3(C)[C@]2(C(=O)CSc2nc3ccccc3n2C)O1. The topological polar surface area (TPSA) is 90.7 Å². The molecule has 5 unspecified atom stereocenters. The fourth-order valence-electron chi connectivity index (χ4n) is 9.50. The summed E-state index contributed by atoms with van der Waals surface area (Å²) >= 11 is 1.46. The van der Waals surface area contributed by atoms with Crippen LogP contribution >= 0.6 is 11.8 Å². The molecule has 0 bridgehead atoms. The van der Waals surface area contributed by atoms with E-state index in [4.69, 9.17) is 14.5 Å². The Labute approximate surface area is 245 Å². The number of hydrogen-bond acceptors (Lipinski definition) is 7. The van der Waals surface area contributed by atoms with Gasteiger partial charge in [0, 0.05) is 23.8 Å². The van der Waals surface area contributed by atoms with E-state index in [2.05, 4.69) is 20.8 Å². The van der Waals surface area contributed by atoms with Crippen LogP contribution in [0.2, 0.25) is 0 Å². The summed E-state index contributed by atoms with van der Waals surface area (Å²) in [6, 6.07) is 8.00. The molecule has 0 spiro atoms. The Hall–Kier alpha value is -2.26. The molecule has 218 valence electrons. The van der Waals surface area contributed by atoms with Crippen LogP contribution in [-0.2, 0) is 26.1 Å². The number of carbonyl (C=O) groups excluding carboxylic acids is 2. The number of para-hydroxylation sites is 2. The normalized spacial score (nSPS) is 41.1. The van der Waals surface area contributed by atoms with Gasteiger partial charge < -0.3 is 19.1 Å². The average Bonchev–Trinajstić information content (AvgIpc) is 3.55. The van der Waals surface area contributed by atoms with Crippen molar-refractivity contribution in [2.45, 2.75) is 88.6 Å². The molecule has 2 heterocycles. The minimum atomic E-state index is -1.10. The summed E-state index contributed by atoms with van der Waals surface area (Å²) in [5.41, 5.74) is 1.07. The van der Waals surface area contributed by atoms with E-state index in [1.165, 1.54) is 11.8 Å². The third kappa shape index (κ3) is 3.79. The lowest BCUT2D eigenvalue weighted by Crippen LogP contribution is -2.63. The molecule has 41 heavy (non-hydrogen) atoms. The van der Waals surface area contributed by atoms with Crippen LogP contribution in [0.3, 0.4) is 0 Å². The van der Waals surface area contributed by atoms with Gasteiger partial charge in [-0.05, 0) is 68.2 Å². The number of ketones is 2. The Kier molecular flexibility index (Phi) is 6.47. The van der Waals surface area contributed by atoms with Crippen molar-refractivity contribution in [1.29, 1.82) is 0 Å². The van der Waals surface area contributed by atoms with Crippen molar-refractivity contribution in [3.8, 4) is 0 Å². The molecule has 4 aliphatic carbocycles. The predicted octanol–water partition coefficient (Wildman–Crippen LogP) is 5.40. The highest BCUT2D eigenvalue weighted by atomic mass is 32.2. The Bertz CT molecular complexity index is 1480. The molecule has 7 nitrogen and oxygen atoms in total. The van der Waals surface area contributed by atoms with Crippen LogP contribution in [-0.4, -0.2) is 56.1 Å². The number of aliphatic hydroxyl groups is 1. The first-order valence-electron chi connectivity index (χ1n) is 15.2. The van der Waals surface area contributed by atoms with Gasteiger partial charge in [-0.1, -0.05) is 62.7 Å². The number of ether oxygens (including phenoxy) is 2. The molecule has 7 rings (SSSR count). The summed E-state index contributed by atoms with van der Waals surface area (Å²) in [4.78, 5) is 31.5. The molecule has 1 N–H and O–H groups in total. The third-order valence-corrected chi connectivity index (χ3v) is 12.3. The maximum absolute atomic E-state index is 14.6. The quantitative estimate of drug-likeness (QED) is 0.460. The Balaban J connectivity index is 1.23. The summed E-state index contributed by atoms with van der Waals surface area (Å²) in [6.07, 6.45) is 8.73. The van der Waals surface area contributed by atoms with Gasteiger partial charge in [0.05, 0.1) is 29.0 Å². The van der Waals surface area contributed by atoms with Gasteiger partial charge in [-0.25, -0.2) is 4.98 Å². The number of benzene rings is 1. The van der Waals surface area contributed by atoms with E-state index in [-0.39, 0.29) is 46.6 Å². The number of rotatable bonds is 6. The molecule has 2 aromatic rings. The molecule has 1 aromatic carbocycles. The Morgan fingerprint density at radius 1 is 1.27 bits per heavy atom. The number of nitrogens with zero attached hydrogens (tertiary/aromatic N) is 2. The van der Waals surface area contributed by atoms with Crippen LogP contribution in [0.1, 0.15) is 59.3 Å². The molecular formula is C33H40N2O5S. The first-order valence-corrected chi connectivity index (χ1v) is 16.1. The zero-order chi connectivity index (χ0) is 28.7. The number of Topliss-reactive ketones (excluding diaryl/α,β-unsaturated/α-hetero) is 1. The monoisotopic (exact) mass is 576 g/mol. The number of aryl methyl sites for hydroxylation is 1. The van der Waals surface area contributed by atoms with E-state index in [1.807, 2.05) is 42.0 Å². The number of aromatic nitrogens is 2. The number of allylic oxidation sites excluding steroid dienone is 4. The lowest BCUT2D eigenvalue weighted by Gasteiger charge is -2.59. The van der Waals surface area contributed by atoms with Crippen molar-refractivity contribution >= 4 is 34.4 Å². The Morgan fingerprint density at radius 3 is 2.85 bits per heavy atom. The van der Waals surface area contributed by atoms with Crippen molar-refractivity contribution in [2.75, 3.05) is 5.75 Å². The van der Waals surface area contributed by atoms with Gasteiger partial charge in [-0.15, -0.1) is 0 Å². The molecule has 0 radical (unpaired) electrons. The summed E-state index contributed by atoms with van der Waals surface area (Å²) < 4.78 is 15.4. The summed E-state index contributed by atoms with van der Waals surface area (Å²) in [7, 11) is 1.99. The summed E-state index contributed by atoms with van der Waals surface area (Å²) in [5.74, 6) is 0.697. The third-order valence-electron chi connectivity index (χ3n) is 11.3. The molecule has 0 amide bonds. The number of thioether (sulfide) groups is 1. The van der Waals surface area contributed by atoms with Crippen LogP contribution in [0.15, 0.2) is 53.2 Å². The summed E-state index contributed by atoms with van der Waals surface area (Å²) in [5, 5.41) is 12.7. The smallest absolute Gasteiger partial charge is 0.178 e. The molecule has 3 saturated carbocycles. The van der Waals surface area contributed by atoms with Gasteiger partial charge >= 0.3 is 0 Å². The van der Waals surface area contributed by atoms with E-state index in [1.54, 1.807) is 12.2 Å². The predicted molar refractivity (Wildman–Crippen MR) is 157 cm³/mol. The maximum Gasteiger partial charge on any atom is 0.178 e. The number of aliphatic hydroxyl groups excluding tert-OH is 1. The molecule has 1 aromatic heterocycles. The van der Waals surface area contributed by atoms with Crippen LogP contribution in [0.5, 0.6) is 0 Å². The second kappa shape index (κ2) is 9.63. The van der Waals surface area contributed by atoms with E-state index in [9.17, 15) is 14.7 Å². The maximum atomic E-state index is 14.6. The Morgan fingerprint density at radius 2 is 2.07 bits per heavy atom. The van der Waals surface area contributed by atoms with Gasteiger partial charge in [-0.3, -0.25) is 9.59 Å². The average molecular weight is 577 g/mol. The van der Waals surface area contributed by atoms with Crippen molar-refractivity contribution in [1.82, 2.24) is 9.55 Å². The van der Waals surface area contributed by atoms with Crippen molar-refractivity contribution in [2.24, 2.45) is 35.6 Å². The van der Waals surface area contributed by atoms with Crippen LogP contribution in [0.4, 0.5) is 0 Å².